The van der Waals surface area contributed by atoms with Gasteiger partial charge in [-0.1, -0.05) is 58.0 Å². The third-order valence-electron chi connectivity index (χ3n) is 6.08. The van der Waals surface area contributed by atoms with Gasteiger partial charge in [0.1, 0.15) is 0 Å². The molecule has 0 fully saturated rings. The molecule has 4 aromatic rings. The number of rotatable bonds is 6. The highest BCUT2D eigenvalue weighted by atomic mass is 28.3. The molecule has 0 N–H and O–H groups in total. The maximum absolute atomic E-state index is 12.3. The molecule has 0 aliphatic carbocycles. The van der Waals surface area contributed by atoms with Gasteiger partial charge in [0.2, 0.25) is 0 Å². The molecule has 3 heterocycles. The predicted octanol–water partition coefficient (Wildman–Crippen LogP) is 7.05. The highest BCUT2D eigenvalue weighted by Crippen LogP contribution is 2.41. The van der Waals surface area contributed by atoms with E-state index in [1.54, 1.807) is 6.92 Å². The summed E-state index contributed by atoms with van der Waals surface area (Å²) in [7, 11) is -1.17. The van der Waals surface area contributed by atoms with Gasteiger partial charge < -0.3 is 8.83 Å². The maximum atomic E-state index is 12.3. The first kappa shape index (κ1) is 21.8. The molecule has 1 atom stereocenters. The van der Waals surface area contributed by atoms with E-state index in [9.17, 15) is 4.79 Å². The van der Waals surface area contributed by atoms with E-state index in [4.69, 9.17) is 4.43 Å². The van der Waals surface area contributed by atoms with Crippen LogP contribution in [-0.2, 0) is 10.8 Å². The van der Waals surface area contributed by atoms with Crippen molar-refractivity contribution in [2.45, 2.75) is 60.2 Å². The molecule has 0 aliphatic heterocycles. The van der Waals surface area contributed by atoms with E-state index >= 15 is 0 Å². The first-order chi connectivity index (χ1) is 14.6. The SMILES string of the molecule is CCc1c(-c2ccc(C(O[SiH](C)C)C(C)(C)C)cc2)c2cc(C(C)=O)c3cccc1n32. The summed E-state index contributed by atoms with van der Waals surface area (Å²) in [4.78, 5) is 12.3. The summed E-state index contributed by atoms with van der Waals surface area (Å²) < 4.78 is 8.67. The Balaban J connectivity index is 1.88. The predicted molar refractivity (Wildman–Crippen MR) is 133 cm³/mol. The number of hydrogen-bond acceptors (Lipinski definition) is 2. The van der Waals surface area contributed by atoms with Crippen molar-refractivity contribution < 1.29 is 9.22 Å². The Labute approximate surface area is 187 Å². The van der Waals surface area contributed by atoms with Gasteiger partial charge in [-0.2, -0.15) is 0 Å². The molecular weight excluding hydrogens is 398 g/mol. The van der Waals surface area contributed by atoms with E-state index in [0.717, 1.165) is 23.0 Å². The van der Waals surface area contributed by atoms with Crippen molar-refractivity contribution in [3.8, 4) is 11.1 Å². The molecule has 4 heteroatoms. The number of pyridine rings is 1. The first-order valence-corrected chi connectivity index (χ1v) is 14.1. The minimum atomic E-state index is -1.17. The fourth-order valence-electron chi connectivity index (χ4n) is 4.80. The zero-order valence-electron chi connectivity index (χ0n) is 19.7. The van der Waals surface area contributed by atoms with E-state index < -0.39 is 9.04 Å². The lowest BCUT2D eigenvalue weighted by atomic mass is 9.84. The van der Waals surface area contributed by atoms with Crippen LogP contribution in [0.4, 0.5) is 0 Å². The molecule has 0 saturated carbocycles. The monoisotopic (exact) mass is 431 g/mol. The van der Waals surface area contributed by atoms with Gasteiger partial charge in [-0.25, -0.2) is 0 Å². The normalized spacial score (nSPS) is 13.5. The quantitative estimate of drug-likeness (QED) is 0.242. The number of carbonyl (C=O) groups is 1. The fraction of sp³-hybridized carbons (Fsp3) is 0.370. The van der Waals surface area contributed by atoms with Crippen LogP contribution in [0.3, 0.4) is 0 Å². The first-order valence-electron chi connectivity index (χ1n) is 11.3. The second-order valence-corrected chi connectivity index (χ2v) is 12.3. The summed E-state index contributed by atoms with van der Waals surface area (Å²) in [6.45, 7) is 15.0. The van der Waals surface area contributed by atoms with Crippen LogP contribution >= 0.6 is 0 Å². The molecule has 1 unspecified atom stereocenters. The molecule has 3 nitrogen and oxygen atoms in total. The second kappa shape index (κ2) is 7.92. The average Bonchev–Trinajstić information content (AvgIpc) is 3.24. The standard InChI is InChI=1S/C27H33NO2Si/c1-8-20-22-10-9-11-23-21(17(2)29)16-24(28(22)23)25(20)18-12-14-19(15-13-18)26(27(3,4)5)30-31(6)7/h9-16,26,31H,8H2,1-7H3. The van der Waals surface area contributed by atoms with Crippen molar-refractivity contribution in [3.05, 3.63) is 65.2 Å². The van der Waals surface area contributed by atoms with Crippen molar-refractivity contribution in [2.24, 2.45) is 5.41 Å². The van der Waals surface area contributed by atoms with Crippen molar-refractivity contribution in [2.75, 3.05) is 0 Å². The van der Waals surface area contributed by atoms with Crippen LogP contribution in [0.2, 0.25) is 13.1 Å². The summed E-state index contributed by atoms with van der Waals surface area (Å²) in [6, 6.07) is 17.2. The van der Waals surface area contributed by atoms with E-state index in [2.05, 4.69) is 87.7 Å². The number of ketones is 1. The highest BCUT2D eigenvalue weighted by molar-refractivity contribution is 6.48. The number of hydrogen-bond donors (Lipinski definition) is 0. The summed E-state index contributed by atoms with van der Waals surface area (Å²) in [5, 5.41) is 0. The zero-order chi connectivity index (χ0) is 22.5. The molecule has 0 radical (unpaired) electrons. The van der Waals surface area contributed by atoms with Crippen LogP contribution in [0.25, 0.3) is 27.7 Å². The van der Waals surface area contributed by atoms with Gasteiger partial charge >= 0.3 is 0 Å². The molecule has 0 amide bonds. The third kappa shape index (κ3) is 3.72. The maximum Gasteiger partial charge on any atom is 0.171 e. The van der Waals surface area contributed by atoms with Gasteiger partial charge in [-0.05, 0) is 66.7 Å². The Morgan fingerprint density at radius 3 is 2.23 bits per heavy atom. The Morgan fingerprint density at radius 1 is 1.03 bits per heavy atom. The van der Waals surface area contributed by atoms with Crippen molar-refractivity contribution >= 4 is 31.4 Å². The largest absolute Gasteiger partial charge is 0.413 e. The van der Waals surface area contributed by atoms with Gasteiger partial charge in [0.05, 0.1) is 22.7 Å². The van der Waals surface area contributed by atoms with Crippen LogP contribution in [0.1, 0.15) is 62.2 Å². The van der Waals surface area contributed by atoms with Gasteiger partial charge in [-0.3, -0.25) is 4.79 Å². The van der Waals surface area contributed by atoms with E-state index in [1.807, 2.05) is 6.07 Å². The summed E-state index contributed by atoms with van der Waals surface area (Å²) in [5.41, 5.74) is 9.16. The van der Waals surface area contributed by atoms with Crippen molar-refractivity contribution in [1.82, 2.24) is 4.40 Å². The number of benzene rings is 1. The summed E-state index contributed by atoms with van der Waals surface area (Å²) in [6.07, 6.45) is 1.04. The lowest BCUT2D eigenvalue weighted by molar-refractivity contribution is 0.0866. The lowest BCUT2D eigenvalue weighted by Crippen LogP contribution is -2.25. The van der Waals surface area contributed by atoms with E-state index in [1.165, 1.54) is 27.8 Å². The highest BCUT2D eigenvalue weighted by Gasteiger charge is 2.28. The van der Waals surface area contributed by atoms with E-state index in [0.29, 0.717) is 0 Å². The molecule has 0 bridgehead atoms. The van der Waals surface area contributed by atoms with Gasteiger partial charge in [-0.15, -0.1) is 0 Å². The smallest absolute Gasteiger partial charge is 0.171 e. The molecule has 0 saturated heterocycles. The second-order valence-electron chi connectivity index (χ2n) is 9.89. The number of aryl methyl sites for hydroxylation is 1. The number of Topliss-reactive ketones (excluding diaryl/α,β-unsaturated/α-hetero) is 1. The minimum Gasteiger partial charge on any atom is -0.413 e. The van der Waals surface area contributed by atoms with Crippen LogP contribution in [-0.4, -0.2) is 19.2 Å². The Morgan fingerprint density at radius 2 is 1.68 bits per heavy atom. The Kier molecular flexibility index (Phi) is 5.57. The molecule has 0 aliphatic rings. The Hall–Kier alpha value is -2.43. The van der Waals surface area contributed by atoms with Crippen molar-refractivity contribution in [1.29, 1.82) is 0 Å². The molecule has 1 aromatic carbocycles. The molecular formula is C27H33NO2Si. The van der Waals surface area contributed by atoms with Gasteiger partial charge in [0, 0.05) is 11.1 Å². The van der Waals surface area contributed by atoms with Crippen LogP contribution in [0.15, 0.2) is 48.5 Å². The lowest BCUT2D eigenvalue weighted by Gasteiger charge is -2.33. The topological polar surface area (TPSA) is 30.7 Å². The molecule has 162 valence electrons. The zero-order valence-corrected chi connectivity index (χ0v) is 20.9. The van der Waals surface area contributed by atoms with Gasteiger partial charge in [0.25, 0.3) is 0 Å². The van der Waals surface area contributed by atoms with Crippen molar-refractivity contribution in [3.63, 3.8) is 0 Å². The number of carbonyl (C=O) groups excluding carboxylic acids is 1. The van der Waals surface area contributed by atoms with Crippen LogP contribution < -0.4 is 0 Å². The number of aromatic nitrogens is 1. The van der Waals surface area contributed by atoms with Crippen LogP contribution in [0.5, 0.6) is 0 Å². The molecule has 31 heavy (non-hydrogen) atoms. The third-order valence-corrected chi connectivity index (χ3v) is 6.90. The summed E-state index contributed by atoms with van der Waals surface area (Å²) in [5.74, 6) is 0.110. The minimum absolute atomic E-state index is 0.0420. The molecule has 3 aromatic heterocycles. The fourth-order valence-corrected chi connectivity index (χ4v) is 5.91. The summed E-state index contributed by atoms with van der Waals surface area (Å²) >= 11 is 0. The van der Waals surface area contributed by atoms with Crippen LogP contribution in [0, 0.1) is 5.41 Å². The number of nitrogens with zero attached hydrogens (tertiary/aromatic N) is 1. The average molecular weight is 432 g/mol. The van der Waals surface area contributed by atoms with Gasteiger partial charge in [0.15, 0.2) is 14.8 Å². The molecule has 0 spiro atoms. The van der Waals surface area contributed by atoms with E-state index in [-0.39, 0.29) is 17.3 Å². The molecule has 4 rings (SSSR count). The Bertz CT molecular complexity index is 1230.